The van der Waals surface area contributed by atoms with Gasteiger partial charge >= 0.3 is 0 Å². The van der Waals surface area contributed by atoms with Gasteiger partial charge < -0.3 is 10.6 Å². The lowest BCUT2D eigenvalue weighted by atomic mass is 10.1. The van der Waals surface area contributed by atoms with E-state index < -0.39 is 9.84 Å². The molecule has 0 bridgehead atoms. The molecule has 0 radical (unpaired) electrons. The average Bonchev–Trinajstić information content (AvgIpc) is 2.71. The topological polar surface area (TPSA) is 75.3 Å². The predicted octanol–water partition coefficient (Wildman–Crippen LogP) is 4.74. The van der Waals surface area contributed by atoms with Crippen LogP contribution in [0.15, 0.2) is 77.7 Å². The Bertz CT molecular complexity index is 1080. The largest absolute Gasteiger partial charge is 0.371 e. The van der Waals surface area contributed by atoms with Gasteiger partial charge in [0, 0.05) is 22.0 Å². The molecule has 7 heteroatoms. The van der Waals surface area contributed by atoms with Crippen molar-refractivity contribution in [3.63, 3.8) is 0 Å². The summed E-state index contributed by atoms with van der Waals surface area (Å²) in [6.07, 6.45) is 0. The van der Waals surface area contributed by atoms with Gasteiger partial charge in [-0.1, -0.05) is 35.9 Å². The van der Waals surface area contributed by atoms with Crippen molar-refractivity contribution < 1.29 is 13.2 Å². The summed E-state index contributed by atoms with van der Waals surface area (Å²) >= 11 is 6.07. The maximum Gasteiger partial charge on any atom is 0.255 e. The summed E-state index contributed by atoms with van der Waals surface area (Å²) < 4.78 is 24.6. The van der Waals surface area contributed by atoms with E-state index in [-0.39, 0.29) is 16.7 Å². The molecule has 3 aromatic carbocycles. The van der Waals surface area contributed by atoms with Gasteiger partial charge in [0.1, 0.15) is 5.88 Å². The lowest BCUT2D eigenvalue weighted by Gasteiger charge is -2.11. The fourth-order valence-corrected chi connectivity index (χ4v) is 3.84. The third-order valence-electron chi connectivity index (χ3n) is 4.23. The molecule has 144 valence electrons. The summed E-state index contributed by atoms with van der Waals surface area (Å²) in [5.74, 6) is -0.501. The van der Waals surface area contributed by atoms with Gasteiger partial charge in [-0.3, -0.25) is 4.79 Å². The Balaban J connectivity index is 1.65. The minimum atomic E-state index is -3.44. The molecule has 3 rings (SSSR count). The normalized spacial score (nSPS) is 11.1. The first kappa shape index (κ1) is 19.9. The molecule has 0 aliphatic heterocycles. The number of amides is 1. The van der Waals surface area contributed by atoms with Crippen LogP contribution in [0.4, 0.5) is 11.4 Å². The molecule has 28 heavy (non-hydrogen) atoms. The van der Waals surface area contributed by atoms with Gasteiger partial charge in [-0.25, -0.2) is 8.42 Å². The standard InChI is InChI=1S/C21H19ClN2O3S/c1-15-19(22)8-5-9-20(15)24-21(25)16-10-12-17(13-11-16)23-14-28(26,27)18-6-3-2-4-7-18/h2-13,23H,14H2,1H3,(H,24,25). The van der Waals surface area contributed by atoms with Crippen LogP contribution in [0, 0.1) is 6.92 Å². The second-order valence-corrected chi connectivity index (χ2v) is 8.59. The first-order valence-corrected chi connectivity index (χ1v) is 10.6. The molecular weight excluding hydrogens is 396 g/mol. The molecule has 0 saturated heterocycles. The lowest BCUT2D eigenvalue weighted by molar-refractivity contribution is 0.102. The maximum absolute atomic E-state index is 12.4. The van der Waals surface area contributed by atoms with E-state index in [4.69, 9.17) is 11.6 Å². The van der Waals surface area contributed by atoms with Crippen molar-refractivity contribution in [2.45, 2.75) is 11.8 Å². The van der Waals surface area contributed by atoms with Crippen LogP contribution in [-0.4, -0.2) is 20.2 Å². The number of carbonyl (C=O) groups is 1. The van der Waals surface area contributed by atoms with E-state index in [0.717, 1.165) is 5.56 Å². The van der Waals surface area contributed by atoms with E-state index in [9.17, 15) is 13.2 Å². The van der Waals surface area contributed by atoms with Crippen LogP contribution in [0.25, 0.3) is 0 Å². The van der Waals surface area contributed by atoms with E-state index in [2.05, 4.69) is 10.6 Å². The van der Waals surface area contributed by atoms with Crippen molar-refractivity contribution in [2.24, 2.45) is 0 Å². The number of halogens is 1. The number of sulfone groups is 1. The number of anilines is 2. The molecule has 5 nitrogen and oxygen atoms in total. The highest BCUT2D eigenvalue weighted by molar-refractivity contribution is 7.91. The summed E-state index contributed by atoms with van der Waals surface area (Å²) in [7, 11) is -3.44. The molecule has 0 aliphatic carbocycles. The molecule has 0 heterocycles. The maximum atomic E-state index is 12.4. The van der Waals surface area contributed by atoms with Gasteiger partial charge in [-0.2, -0.15) is 0 Å². The molecule has 0 aromatic heterocycles. The molecular formula is C21H19ClN2O3S. The molecule has 0 unspecified atom stereocenters. The number of benzene rings is 3. The molecule has 0 saturated carbocycles. The zero-order chi connectivity index (χ0) is 20.1. The molecule has 0 atom stereocenters. The zero-order valence-electron chi connectivity index (χ0n) is 15.1. The van der Waals surface area contributed by atoms with Crippen LogP contribution in [0.5, 0.6) is 0 Å². The highest BCUT2D eigenvalue weighted by atomic mass is 35.5. The van der Waals surface area contributed by atoms with E-state index in [1.165, 1.54) is 0 Å². The Kier molecular flexibility index (Phi) is 6.02. The summed E-state index contributed by atoms with van der Waals surface area (Å²) in [5, 5.41) is 6.28. The van der Waals surface area contributed by atoms with Crippen molar-refractivity contribution in [3.05, 3.63) is 88.9 Å². The summed E-state index contributed by atoms with van der Waals surface area (Å²) in [4.78, 5) is 12.7. The van der Waals surface area contributed by atoms with Crippen LogP contribution in [0.1, 0.15) is 15.9 Å². The van der Waals surface area contributed by atoms with E-state index >= 15 is 0 Å². The zero-order valence-corrected chi connectivity index (χ0v) is 16.7. The van der Waals surface area contributed by atoms with Gasteiger partial charge in [0.05, 0.1) is 4.90 Å². The Hall–Kier alpha value is -2.83. The lowest BCUT2D eigenvalue weighted by Crippen LogP contribution is -2.15. The number of nitrogens with one attached hydrogen (secondary N) is 2. The second kappa shape index (κ2) is 8.46. The SMILES string of the molecule is Cc1c(Cl)cccc1NC(=O)c1ccc(NCS(=O)(=O)c2ccccc2)cc1. The molecule has 1 amide bonds. The third-order valence-corrected chi connectivity index (χ3v) is 6.16. The predicted molar refractivity (Wildman–Crippen MR) is 113 cm³/mol. The fourth-order valence-electron chi connectivity index (χ4n) is 2.57. The molecule has 0 aliphatic rings. The van der Waals surface area contributed by atoms with E-state index in [1.807, 2.05) is 6.92 Å². The van der Waals surface area contributed by atoms with Crippen LogP contribution in [-0.2, 0) is 9.84 Å². The van der Waals surface area contributed by atoms with Crippen molar-refractivity contribution in [1.82, 2.24) is 0 Å². The summed E-state index contributed by atoms with van der Waals surface area (Å²) in [6.45, 7) is 1.83. The van der Waals surface area contributed by atoms with Gasteiger partial charge in [-0.05, 0) is 61.0 Å². The summed E-state index contributed by atoms with van der Waals surface area (Å²) in [6, 6.07) is 20.2. The molecule has 3 aromatic rings. The molecule has 2 N–H and O–H groups in total. The highest BCUT2D eigenvalue weighted by Gasteiger charge is 2.14. The van der Waals surface area contributed by atoms with Gasteiger partial charge in [-0.15, -0.1) is 0 Å². The van der Waals surface area contributed by atoms with Gasteiger partial charge in [0.15, 0.2) is 9.84 Å². The van der Waals surface area contributed by atoms with E-state index in [1.54, 1.807) is 72.8 Å². The van der Waals surface area contributed by atoms with E-state index in [0.29, 0.717) is 22.0 Å². The third kappa shape index (κ3) is 4.71. The Morgan fingerprint density at radius 2 is 1.61 bits per heavy atom. The number of rotatable bonds is 6. The minimum absolute atomic E-state index is 0.232. The van der Waals surface area contributed by atoms with Crippen molar-refractivity contribution in [3.8, 4) is 0 Å². The minimum Gasteiger partial charge on any atom is -0.371 e. The average molecular weight is 415 g/mol. The van der Waals surface area contributed by atoms with Crippen LogP contribution in [0.2, 0.25) is 5.02 Å². The van der Waals surface area contributed by atoms with Crippen LogP contribution < -0.4 is 10.6 Å². The monoisotopic (exact) mass is 414 g/mol. The fraction of sp³-hybridized carbons (Fsp3) is 0.0952. The highest BCUT2D eigenvalue weighted by Crippen LogP contribution is 2.23. The Morgan fingerprint density at radius 3 is 2.29 bits per heavy atom. The van der Waals surface area contributed by atoms with Crippen molar-refractivity contribution >= 4 is 38.7 Å². The second-order valence-electron chi connectivity index (χ2n) is 6.19. The quantitative estimate of drug-likeness (QED) is 0.610. The molecule has 0 spiro atoms. The number of carbonyl (C=O) groups excluding carboxylic acids is 1. The number of hydrogen-bond donors (Lipinski definition) is 2. The molecule has 0 fully saturated rings. The van der Waals surface area contributed by atoms with Crippen LogP contribution >= 0.6 is 11.6 Å². The van der Waals surface area contributed by atoms with Gasteiger partial charge in [0.25, 0.3) is 5.91 Å². The van der Waals surface area contributed by atoms with Crippen molar-refractivity contribution in [2.75, 3.05) is 16.5 Å². The van der Waals surface area contributed by atoms with Crippen LogP contribution in [0.3, 0.4) is 0 Å². The Labute approximate surface area is 169 Å². The summed E-state index contributed by atoms with van der Waals surface area (Å²) in [5.41, 5.74) is 2.50. The van der Waals surface area contributed by atoms with Gasteiger partial charge in [0.2, 0.25) is 0 Å². The first-order chi connectivity index (χ1) is 13.4. The van der Waals surface area contributed by atoms with Crippen molar-refractivity contribution in [1.29, 1.82) is 0 Å². The smallest absolute Gasteiger partial charge is 0.255 e. The Morgan fingerprint density at radius 1 is 0.929 bits per heavy atom. The first-order valence-electron chi connectivity index (χ1n) is 8.55. The number of hydrogen-bond acceptors (Lipinski definition) is 4.